The van der Waals surface area contributed by atoms with Gasteiger partial charge >= 0.3 is 6.03 Å². The Morgan fingerprint density at radius 1 is 1.03 bits per heavy atom. The molecule has 3 aromatic rings. The van der Waals surface area contributed by atoms with E-state index < -0.39 is 0 Å². The van der Waals surface area contributed by atoms with E-state index in [1.54, 1.807) is 21.3 Å². The van der Waals surface area contributed by atoms with E-state index in [9.17, 15) is 4.79 Å². The van der Waals surface area contributed by atoms with E-state index in [0.717, 1.165) is 39.2 Å². The van der Waals surface area contributed by atoms with Gasteiger partial charge in [0.1, 0.15) is 0 Å². The number of aryl methyl sites for hydroxylation is 2. The Kier molecular flexibility index (Phi) is 6.09. The summed E-state index contributed by atoms with van der Waals surface area (Å²) in [6.45, 7) is 4.54. The molecule has 0 fully saturated rings. The summed E-state index contributed by atoms with van der Waals surface area (Å²) in [6, 6.07) is 11.9. The maximum absolute atomic E-state index is 12.5. The molecular weight excluding hydrogens is 418 g/mol. The predicted octanol–water partition coefficient (Wildman–Crippen LogP) is 3.67. The highest BCUT2D eigenvalue weighted by Crippen LogP contribution is 2.34. The average molecular weight is 448 g/mol. The molecule has 1 aliphatic rings. The number of nitrogens with one attached hydrogen (secondary N) is 1. The average Bonchev–Trinajstić information content (AvgIpc) is 2.98. The number of hydrogen-bond acceptors (Lipinski definition) is 5. The van der Waals surface area contributed by atoms with Gasteiger partial charge in [-0.15, -0.1) is 0 Å². The van der Waals surface area contributed by atoms with Crippen molar-refractivity contribution in [1.82, 2.24) is 20.1 Å². The minimum absolute atomic E-state index is 0.252. The molecule has 2 aromatic carbocycles. The monoisotopic (exact) mass is 447 g/mol. The molecule has 8 nitrogen and oxygen atoms in total. The highest BCUT2D eigenvalue weighted by molar-refractivity contribution is 6.14. The number of ether oxygens (including phenoxy) is 2. The van der Waals surface area contributed by atoms with Gasteiger partial charge in [0.25, 0.3) is 0 Å². The summed E-state index contributed by atoms with van der Waals surface area (Å²) in [5.41, 5.74) is 7.89. The molecule has 0 radical (unpaired) electrons. The fourth-order valence-corrected chi connectivity index (χ4v) is 4.27. The molecule has 8 heteroatoms. The van der Waals surface area contributed by atoms with E-state index in [1.165, 1.54) is 5.01 Å². The molecular formula is C25H29N5O3. The van der Waals surface area contributed by atoms with E-state index in [1.807, 2.05) is 42.9 Å². The molecule has 0 spiro atoms. The number of amides is 2. The number of nitrogens with zero attached hydrogens (tertiary/aromatic N) is 4. The Morgan fingerprint density at radius 3 is 2.24 bits per heavy atom. The van der Waals surface area contributed by atoms with Gasteiger partial charge in [-0.2, -0.15) is 10.2 Å². The van der Waals surface area contributed by atoms with Gasteiger partial charge in [0.15, 0.2) is 11.5 Å². The van der Waals surface area contributed by atoms with Gasteiger partial charge in [-0.3, -0.25) is 4.68 Å². The summed E-state index contributed by atoms with van der Waals surface area (Å²) in [4.78, 5) is 12.5. The Bertz CT molecular complexity index is 1230. The van der Waals surface area contributed by atoms with Crippen molar-refractivity contribution >= 4 is 11.7 Å². The number of urea groups is 1. The fraction of sp³-hybridized carbons (Fsp3) is 0.320. The number of hydrogen-bond donors (Lipinski definition) is 1. The van der Waals surface area contributed by atoms with Crippen LogP contribution in [0.1, 0.15) is 28.1 Å². The highest BCUT2D eigenvalue weighted by Gasteiger charge is 2.24. The molecule has 0 saturated heterocycles. The van der Waals surface area contributed by atoms with E-state index in [2.05, 4.69) is 29.5 Å². The van der Waals surface area contributed by atoms with Gasteiger partial charge in [-0.25, -0.2) is 9.80 Å². The lowest BCUT2D eigenvalue weighted by Crippen LogP contribution is -2.35. The molecule has 172 valence electrons. The van der Waals surface area contributed by atoms with Crippen molar-refractivity contribution in [3.63, 3.8) is 0 Å². The summed E-state index contributed by atoms with van der Waals surface area (Å²) in [7, 11) is 6.79. The van der Waals surface area contributed by atoms with Crippen LogP contribution in [0.4, 0.5) is 4.79 Å². The summed E-state index contributed by atoms with van der Waals surface area (Å²) < 4.78 is 12.9. The molecule has 1 aliphatic heterocycles. The zero-order valence-electron chi connectivity index (χ0n) is 19.9. The molecule has 0 unspecified atom stereocenters. The van der Waals surface area contributed by atoms with Gasteiger partial charge in [0, 0.05) is 36.5 Å². The fourth-order valence-electron chi connectivity index (χ4n) is 4.27. The Labute approximate surface area is 193 Å². The number of carbonyl (C=O) groups excluding carboxylic acids is 1. The van der Waals surface area contributed by atoms with E-state index in [-0.39, 0.29) is 6.03 Å². The lowest BCUT2D eigenvalue weighted by Gasteiger charge is -2.16. The Hall–Kier alpha value is -3.81. The van der Waals surface area contributed by atoms with Gasteiger partial charge in [0.05, 0.1) is 32.2 Å². The van der Waals surface area contributed by atoms with Crippen molar-refractivity contribution < 1.29 is 14.3 Å². The molecule has 1 aromatic heterocycles. The normalized spacial score (nSPS) is 13.2. The number of benzene rings is 2. The topological polar surface area (TPSA) is 81.0 Å². The molecule has 4 rings (SSSR count). The first-order chi connectivity index (χ1) is 15.9. The zero-order chi connectivity index (χ0) is 23.7. The summed E-state index contributed by atoms with van der Waals surface area (Å²) >= 11 is 0. The minimum Gasteiger partial charge on any atom is -0.493 e. The largest absolute Gasteiger partial charge is 0.493 e. The van der Waals surface area contributed by atoms with Crippen molar-refractivity contribution in [1.29, 1.82) is 0 Å². The molecule has 0 atom stereocenters. The first-order valence-electron chi connectivity index (χ1n) is 10.8. The smallest absolute Gasteiger partial charge is 0.337 e. The van der Waals surface area contributed by atoms with Crippen LogP contribution in [0.5, 0.6) is 11.5 Å². The number of fused-ring (bicyclic) bond motifs is 1. The summed E-state index contributed by atoms with van der Waals surface area (Å²) in [5, 5.41) is 13.4. The van der Waals surface area contributed by atoms with Crippen LogP contribution in [0.25, 0.3) is 11.1 Å². The predicted molar refractivity (Wildman–Crippen MR) is 128 cm³/mol. The van der Waals surface area contributed by atoms with Crippen LogP contribution in [-0.4, -0.2) is 54.3 Å². The minimum atomic E-state index is -0.252. The van der Waals surface area contributed by atoms with E-state index in [0.29, 0.717) is 30.2 Å². The first-order valence-corrected chi connectivity index (χ1v) is 10.8. The number of aromatic nitrogens is 2. The molecule has 33 heavy (non-hydrogen) atoms. The quantitative estimate of drug-likeness (QED) is 0.662. The van der Waals surface area contributed by atoms with Gasteiger partial charge < -0.3 is 14.8 Å². The second-order valence-corrected chi connectivity index (χ2v) is 7.99. The highest BCUT2D eigenvalue weighted by atomic mass is 16.5. The molecule has 0 saturated carbocycles. The van der Waals surface area contributed by atoms with E-state index in [4.69, 9.17) is 14.6 Å². The van der Waals surface area contributed by atoms with Crippen LogP contribution in [0, 0.1) is 13.8 Å². The van der Waals surface area contributed by atoms with Crippen molar-refractivity contribution in [2.45, 2.75) is 20.3 Å². The van der Waals surface area contributed by atoms with Crippen LogP contribution in [0.3, 0.4) is 0 Å². The number of hydrazone groups is 1. The zero-order valence-corrected chi connectivity index (χ0v) is 19.9. The standard InChI is InChI=1S/C25H29N5O3/c1-15-23(16(2)29(4)27-15)17-7-9-18(10-8-17)24-20-14-22(33-6)21(32-5)13-19(20)11-12-30(28-24)25(31)26-3/h7-10,13-14H,11-12H2,1-6H3,(H,26,31). The molecule has 0 aliphatic carbocycles. The Morgan fingerprint density at radius 2 is 1.67 bits per heavy atom. The molecule has 2 amide bonds. The third-order valence-electron chi connectivity index (χ3n) is 6.08. The second kappa shape index (κ2) is 8.97. The van der Waals surface area contributed by atoms with Crippen LogP contribution in [-0.2, 0) is 13.5 Å². The number of carbonyl (C=O) groups is 1. The van der Waals surface area contributed by atoms with Crippen molar-refractivity contribution in [3.8, 4) is 22.6 Å². The number of methoxy groups -OCH3 is 2. The van der Waals surface area contributed by atoms with Crippen molar-refractivity contribution in [2.24, 2.45) is 12.1 Å². The van der Waals surface area contributed by atoms with Crippen LogP contribution in [0.2, 0.25) is 0 Å². The number of rotatable bonds is 4. The summed E-state index contributed by atoms with van der Waals surface area (Å²) in [5.74, 6) is 1.28. The molecule has 1 N–H and O–H groups in total. The van der Waals surface area contributed by atoms with E-state index >= 15 is 0 Å². The lowest BCUT2D eigenvalue weighted by molar-refractivity contribution is 0.203. The van der Waals surface area contributed by atoms with Gasteiger partial charge in [-0.1, -0.05) is 24.3 Å². The van der Waals surface area contributed by atoms with Crippen molar-refractivity contribution in [3.05, 3.63) is 64.5 Å². The van der Waals surface area contributed by atoms with Gasteiger partial charge in [-0.05, 0) is 43.5 Å². The Balaban J connectivity index is 1.84. The van der Waals surface area contributed by atoms with Crippen LogP contribution >= 0.6 is 0 Å². The van der Waals surface area contributed by atoms with Gasteiger partial charge in [0.2, 0.25) is 0 Å². The SMILES string of the molecule is CNC(=O)N1CCc2cc(OC)c(OC)cc2C(c2ccc(-c3c(C)nn(C)c3C)cc2)=N1. The van der Waals surface area contributed by atoms with Crippen LogP contribution < -0.4 is 14.8 Å². The van der Waals surface area contributed by atoms with Crippen molar-refractivity contribution in [2.75, 3.05) is 27.8 Å². The van der Waals surface area contributed by atoms with Crippen LogP contribution in [0.15, 0.2) is 41.5 Å². The second-order valence-electron chi connectivity index (χ2n) is 7.99. The molecule has 0 bridgehead atoms. The molecule has 2 heterocycles. The lowest BCUT2D eigenvalue weighted by atomic mass is 9.94. The third kappa shape index (κ3) is 4.04. The summed E-state index contributed by atoms with van der Waals surface area (Å²) in [6.07, 6.45) is 0.641. The maximum Gasteiger partial charge on any atom is 0.337 e. The maximum atomic E-state index is 12.5. The third-order valence-corrected chi connectivity index (χ3v) is 6.08. The first kappa shape index (κ1) is 22.4.